The zero-order chi connectivity index (χ0) is 9.97. The first-order valence-corrected chi connectivity index (χ1v) is 5.78. The second kappa shape index (κ2) is 4.20. The lowest BCUT2D eigenvalue weighted by atomic mass is 10.0. The first-order chi connectivity index (χ1) is 6.83. The van der Waals surface area contributed by atoms with E-state index < -0.39 is 0 Å². The van der Waals surface area contributed by atoms with Gasteiger partial charge in [0.25, 0.3) is 0 Å². The summed E-state index contributed by atoms with van der Waals surface area (Å²) in [6.45, 7) is 2.69. The van der Waals surface area contributed by atoms with Gasteiger partial charge in [0, 0.05) is 12.1 Å². The summed E-state index contributed by atoms with van der Waals surface area (Å²) >= 11 is 0. The SMILES string of the molecule is CCCCOC(=O)N1C2CCC1CC2. The standard InChI is InChI=1S/C11H19NO2/c1-2-3-8-14-11(13)12-9-4-5-10(12)7-6-9/h9-10H,2-8H2,1H3. The Labute approximate surface area is 85.4 Å². The predicted molar refractivity (Wildman–Crippen MR) is 54.1 cm³/mol. The van der Waals surface area contributed by atoms with Crippen LogP contribution in [0, 0.1) is 0 Å². The van der Waals surface area contributed by atoms with Gasteiger partial charge in [0.2, 0.25) is 0 Å². The second-order valence-corrected chi connectivity index (χ2v) is 4.34. The van der Waals surface area contributed by atoms with Gasteiger partial charge in [0.15, 0.2) is 0 Å². The van der Waals surface area contributed by atoms with E-state index in [1.165, 1.54) is 25.7 Å². The summed E-state index contributed by atoms with van der Waals surface area (Å²) in [5.41, 5.74) is 0. The van der Waals surface area contributed by atoms with Crippen molar-refractivity contribution < 1.29 is 9.53 Å². The van der Waals surface area contributed by atoms with Crippen LogP contribution in [-0.4, -0.2) is 29.7 Å². The highest BCUT2D eigenvalue weighted by molar-refractivity contribution is 5.69. The minimum Gasteiger partial charge on any atom is -0.449 e. The molecule has 80 valence electrons. The van der Waals surface area contributed by atoms with Gasteiger partial charge in [-0.1, -0.05) is 13.3 Å². The Balaban J connectivity index is 1.80. The molecule has 0 spiro atoms. The van der Waals surface area contributed by atoms with E-state index in [0.717, 1.165) is 12.8 Å². The van der Waals surface area contributed by atoms with Gasteiger partial charge in [-0.05, 0) is 32.1 Å². The molecule has 3 heteroatoms. The molecule has 2 aliphatic rings. The van der Waals surface area contributed by atoms with Crippen LogP contribution in [0.4, 0.5) is 4.79 Å². The summed E-state index contributed by atoms with van der Waals surface area (Å²) in [5.74, 6) is 0. The van der Waals surface area contributed by atoms with Crippen molar-refractivity contribution in [3.05, 3.63) is 0 Å². The molecule has 14 heavy (non-hydrogen) atoms. The molecule has 3 nitrogen and oxygen atoms in total. The Kier molecular flexibility index (Phi) is 2.94. The fraction of sp³-hybridized carbons (Fsp3) is 0.909. The van der Waals surface area contributed by atoms with Crippen LogP contribution in [-0.2, 0) is 4.74 Å². The molecule has 0 N–H and O–H groups in total. The smallest absolute Gasteiger partial charge is 0.410 e. The van der Waals surface area contributed by atoms with Gasteiger partial charge in [-0.3, -0.25) is 0 Å². The zero-order valence-corrected chi connectivity index (χ0v) is 8.87. The summed E-state index contributed by atoms with van der Waals surface area (Å²) in [6, 6.07) is 0.989. The Morgan fingerprint density at radius 3 is 2.36 bits per heavy atom. The van der Waals surface area contributed by atoms with Crippen LogP contribution in [0.15, 0.2) is 0 Å². The monoisotopic (exact) mass is 197 g/mol. The van der Waals surface area contributed by atoms with Gasteiger partial charge in [-0.15, -0.1) is 0 Å². The van der Waals surface area contributed by atoms with E-state index in [2.05, 4.69) is 6.92 Å². The molecule has 0 aliphatic carbocycles. The summed E-state index contributed by atoms with van der Waals surface area (Å²) in [7, 11) is 0. The van der Waals surface area contributed by atoms with Crippen molar-refractivity contribution in [2.45, 2.75) is 57.5 Å². The van der Waals surface area contributed by atoms with Crippen molar-refractivity contribution in [1.29, 1.82) is 0 Å². The van der Waals surface area contributed by atoms with Crippen LogP contribution >= 0.6 is 0 Å². The fourth-order valence-corrected chi connectivity index (χ4v) is 2.59. The molecule has 2 saturated heterocycles. The van der Waals surface area contributed by atoms with Crippen molar-refractivity contribution in [2.75, 3.05) is 6.61 Å². The molecule has 0 aromatic heterocycles. The van der Waals surface area contributed by atoms with E-state index >= 15 is 0 Å². The van der Waals surface area contributed by atoms with Crippen molar-refractivity contribution in [3.8, 4) is 0 Å². The number of ether oxygens (including phenoxy) is 1. The molecule has 0 atom stereocenters. The van der Waals surface area contributed by atoms with Crippen LogP contribution in [0.25, 0.3) is 0 Å². The second-order valence-electron chi connectivity index (χ2n) is 4.34. The third-order valence-electron chi connectivity index (χ3n) is 3.39. The average molecular weight is 197 g/mol. The molecule has 1 amide bonds. The molecule has 2 rings (SSSR count). The first-order valence-electron chi connectivity index (χ1n) is 5.78. The Bertz CT molecular complexity index is 197. The zero-order valence-electron chi connectivity index (χ0n) is 8.87. The maximum absolute atomic E-state index is 11.7. The molecular formula is C11H19NO2. The van der Waals surface area contributed by atoms with Crippen LogP contribution in [0.2, 0.25) is 0 Å². The van der Waals surface area contributed by atoms with Crippen LogP contribution in [0.1, 0.15) is 45.4 Å². The number of amides is 1. The lowest BCUT2D eigenvalue weighted by molar-refractivity contribution is 0.0956. The van der Waals surface area contributed by atoms with Gasteiger partial charge in [-0.2, -0.15) is 0 Å². The van der Waals surface area contributed by atoms with Crippen LogP contribution in [0.3, 0.4) is 0 Å². The normalized spacial score (nSPS) is 29.6. The van der Waals surface area contributed by atoms with E-state index in [4.69, 9.17) is 4.74 Å². The lowest BCUT2D eigenvalue weighted by Crippen LogP contribution is -2.35. The van der Waals surface area contributed by atoms with Crippen molar-refractivity contribution in [2.24, 2.45) is 0 Å². The van der Waals surface area contributed by atoms with Crippen molar-refractivity contribution in [3.63, 3.8) is 0 Å². The van der Waals surface area contributed by atoms with E-state index in [9.17, 15) is 4.79 Å². The molecule has 0 unspecified atom stereocenters. The quantitative estimate of drug-likeness (QED) is 0.651. The predicted octanol–water partition coefficient (Wildman–Crippen LogP) is 2.55. The molecule has 0 aromatic carbocycles. The number of carbonyl (C=O) groups is 1. The molecule has 2 aliphatic heterocycles. The molecule has 2 bridgehead atoms. The van der Waals surface area contributed by atoms with E-state index in [1.54, 1.807) is 0 Å². The maximum Gasteiger partial charge on any atom is 0.410 e. The van der Waals surface area contributed by atoms with Gasteiger partial charge in [0.1, 0.15) is 0 Å². The average Bonchev–Trinajstić information content (AvgIpc) is 2.77. The minimum absolute atomic E-state index is 0.0662. The van der Waals surface area contributed by atoms with E-state index in [0.29, 0.717) is 18.7 Å². The van der Waals surface area contributed by atoms with Gasteiger partial charge in [0.05, 0.1) is 6.61 Å². The summed E-state index contributed by atoms with van der Waals surface area (Å²) in [4.78, 5) is 13.7. The van der Waals surface area contributed by atoms with Gasteiger partial charge < -0.3 is 9.64 Å². The lowest BCUT2D eigenvalue weighted by Gasteiger charge is -2.21. The van der Waals surface area contributed by atoms with Crippen molar-refractivity contribution in [1.82, 2.24) is 4.90 Å². The molecule has 0 saturated carbocycles. The summed E-state index contributed by atoms with van der Waals surface area (Å²) in [5, 5.41) is 0. The largest absolute Gasteiger partial charge is 0.449 e. The number of rotatable bonds is 3. The molecule has 2 heterocycles. The van der Waals surface area contributed by atoms with Gasteiger partial charge in [-0.25, -0.2) is 4.79 Å². The number of hydrogen-bond acceptors (Lipinski definition) is 2. The minimum atomic E-state index is -0.0662. The highest BCUT2D eigenvalue weighted by atomic mass is 16.6. The summed E-state index contributed by atoms with van der Waals surface area (Å²) in [6.07, 6.45) is 6.75. The summed E-state index contributed by atoms with van der Waals surface area (Å²) < 4.78 is 5.23. The first kappa shape index (κ1) is 9.81. The van der Waals surface area contributed by atoms with E-state index in [1.807, 2.05) is 4.90 Å². The molecule has 2 fully saturated rings. The molecule has 0 aromatic rings. The number of unbranched alkanes of at least 4 members (excludes halogenated alkanes) is 1. The van der Waals surface area contributed by atoms with Crippen molar-refractivity contribution >= 4 is 6.09 Å². The maximum atomic E-state index is 11.7. The Hall–Kier alpha value is -0.730. The topological polar surface area (TPSA) is 29.5 Å². The number of nitrogens with zero attached hydrogens (tertiary/aromatic N) is 1. The Morgan fingerprint density at radius 1 is 1.29 bits per heavy atom. The number of carbonyl (C=O) groups excluding carboxylic acids is 1. The molecule has 0 radical (unpaired) electrons. The third-order valence-corrected chi connectivity index (χ3v) is 3.39. The van der Waals surface area contributed by atoms with Crippen LogP contribution < -0.4 is 0 Å². The fourth-order valence-electron chi connectivity index (χ4n) is 2.59. The van der Waals surface area contributed by atoms with Crippen LogP contribution in [0.5, 0.6) is 0 Å². The third kappa shape index (κ3) is 1.72. The highest BCUT2D eigenvalue weighted by Crippen LogP contribution is 2.37. The van der Waals surface area contributed by atoms with E-state index in [-0.39, 0.29) is 6.09 Å². The number of hydrogen-bond donors (Lipinski definition) is 0. The molecular weight excluding hydrogens is 178 g/mol. The highest BCUT2D eigenvalue weighted by Gasteiger charge is 2.42. The number of fused-ring (bicyclic) bond motifs is 2. The van der Waals surface area contributed by atoms with Gasteiger partial charge >= 0.3 is 6.09 Å². The Morgan fingerprint density at radius 2 is 1.86 bits per heavy atom.